The molecule has 112 valence electrons. The molecule has 2 heterocycles. The van der Waals surface area contributed by atoms with Crippen molar-refractivity contribution in [3.8, 4) is 0 Å². The number of rotatable bonds is 1. The summed E-state index contributed by atoms with van der Waals surface area (Å²) in [5.74, 6) is -0.0960. The Balaban J connectivity index is 1.92. The van der Waals surface area contributed by atoms with Gasteiger partial charge in [0.2, 0.25) is 0 Å². The van der Waals surface area contributed by atoms with E-state index in [0.29, 0.717) is 18.5 Å². The van der Waals surface area contributed by atoms with Gasteiger partial charge in [-0.25, -0.2) is 0 Å². The first-order chi connectivity index (χ1) is 9.90. The molecule has 0 spiro atoms. The van der Waals surface area contributed by atoms with Gasteiger partial charge in [0.15, 0.2) is 0 Å². The van der Waals surface area contributed by atoms with Crippen LogP contribution in [0.5, 0.6) is 0 Å². The van der Waals surface area contributed by atoms with Gasteiger partial charge in [-0.05, 0) is 19.4 Å². The van der Waals surface area contributed by atoms with Gasteiger partial charge >= 0.3 is 0 Å². The molecule has 1 amide bonds. The molecule has 0 unspecified atom stereocenters. The standard InChI is InChI=1S/C16H20N2O3/c1-16(21)7-8-18(10-14(16)19)15(20)12-9-17(2)13-6-4-3-5-11(12)13/h3-6,9,14,19,21H,7-8,10H2,1-2H3/t14-,16+/m1/s1. The zero-order valence-corrected chi connectivity index (χ0v) is 12.3. The molecular weight excluding hydrogens is 268 g/mol. The maximum atomic E-state index is 12.7. The van der Waals surface area contributed by atoms with E-state index < -0.39 is 11.7 Å². The summed E-state index contributed by atoms with van der Waals surface area (Å²) in [4.78, 5) is 14.3. The highest BCUT2D eigenvalue weighted by Gasteiger charge is 2.38. The number of hydrogen-bond donors (Lipinski definition) is 2. The summed E-state index contributed by atoms with van der Waals surface area (Å²) in [6, 6.07) is 7.76. The first-order valence-electron chi connectivity index (χ1n) is 7.14. The predicted molar refractivity (Wildman–Crippen MR) is 80.1 cm³/mol. The van der Waals surface area contributed by atoms with Crippen LogP contribution in [0.4, 0.5) is 0 Å². The van der Waals surface area contributed by atoms with Crippen LogP contribution in [0.2, 0.25) is 0 Å². The van der Waals surface area contributed by atoms with E-state index >= 15 is 0 Å². The molecule has 5 heteroatoms. The average Bonchev–Trinajstić information content (AvgIpc) is 2.79. The third-order valence-electron chi connectivity index (χ3n) is 4.41. The second-order valence-electron chi connectivity index (χ2n) is 6.04. The third-order valence-corrected chi connectivity index (χ3v) is 4.41. The van der Waals surface area contributed by atoms with Gasteiger partial charge in [-0.15, -0.1) is 0 Å². The quantitative estimate of drug-likeness (QED) is 0.827. The van der Waals surface area contributed by atoms with Gasteiger partial charge in [0.05, 0.1) is 17.3 Å². The SMILES string of the molecule is Cn1cc(C(=O)N2CC[C@](C)(O)[C@H](O)C2)c2ccccc21. The van der Waals surface area contributed by atoms with Crippen molar-refractivity contribution in [2.45, 2.75) is 25.0 Å². The largest absolute Gasteiger partial charge is 0.388 e. The van der Waals surface area contributed by atoms with Crippen LogP contribution in [0.25, 0.3) is 10.9 Å². The number of likely N-dealkylation sites (tertiary alicyclic amines) is 1. The molecule has 0 saturated carbocycles. The number of aliphatic hydroxyl groups is 2. The Bertz CT molecular complexity index is 690. The summed E-state index contributed by atoms with van der Waals surface area (Å²) in [7, 11) is 1.91. The highest BCUT2D eigenvalue weighted by atomic mass is 16.3. The summed E-state index contributed by atoms with van der Waals surface area (Å²) in [5, 5.41) is 20.9. The highest BCUT2D eigenvalue weighted by molar-refractivity contribution is 6.07. The van der Waals surface area contributed by atoms with E-state index in [0.717, 1.165) is 10.9 Å². The van der Waals surface area contributed by atoms with Gasteiger partial charge in [-0.2, -0.15) is 0 Å². The average molecular weight is 288 g/mol. The van der Waals surface area contributed by atoms with Crippen LogP contribution in [0.15, 0.2) is 30.5 Å². The molecule has 1 fully saturated rings. The first-order valence-corrected chi connectivity index (χ1v) is 7.14. The molecule has 1 aromatic carbocycles. The Hall–Kier alpha value is -1.85. The molecule has 21 heavy (non-hydrogen) atoms. The van der Waals surface area contributed by atoms with Crippen molar-refractivity contribution in [1.82, 2.24) is 9.47 Å². The summed E-state index contributed by atoms with van der Waals surface area (Å²) in [6.45, 7) is 2.22. The van der Waals surface area contributed by atoms with E-state index in [4.69, 9.17) is 0 Å². The Morgan fingerprint density at radius 3 is 2.81 bits per heavy atom. The maximum absolute atomic E-state index is 12.7. The fraction of sp³-hybridized carbons (Fsp3) is 0.438. The van der Waals surface area contributed by atoms with Gasteiger partial charge in [0.1, 0.15) is 0 Å². The third kappa shape index (κ3) is 2.32. The molecule has 5 nitrogen and oxygen atoms in total. The minimum Gasteiger partial charge on any atom is -0.388 e. The molecule has 0 bridgehead atoms. The summed E-state index contributed by atoms with van der Waals surface area (Å²) < 4.78 is 1.93. The van der Waals surface area contributed by atoms with Crippen molar-refractivity contribution in [2.75, 3.05) is 13.1 Å². The van der Waals surface area contributed by atoms with Crippen molar-refractivity contribution >= 4 is 16.8 Å². The van der Waals surface area contributed by atoms with Crippen LogP contribution < -0.4 is 0 Å². The number of nitrogens with zero attached hydrogens (tertiary/aromatic N) is 2. The highest BCUT2D eigenvalue weighted by Crippen LogP contribution is 2.26. The summed E-state index contributed by atoms with van der Waals surface area (Å²) in [5.41, 5.74) is 0.530. The number of aromatic nitrogens is 1. The molecule has 1 saturated heterocycles. The van der Waals surface area contributed by atoms with Crippen LogP contribution in [0.1, 0.15) is 23.7 Å². The second-order valence-corrected chi connectivity index (χ2v) is 6.04. The van der Waals surface area contributed by atoms with E-state index in [2.05, 4.69) is 0 Å². The van der Waals surface area contributed by atoms with Crippen molar-refractivity contribution in [3.05, 3.63) is 36.0 Å². The molecule has 1 aliphatic heterocycles. The van der Waals surface area contributed by atoms with E-state index in [1.807, 2.05) is 42.1 Å². The molecule has 2 N–H and O–H groups in total. The number of benzene rings is 1. The topological polar surface area (TPSA) is 65.7 Å². The number of carbonyl (C=O) groups excluding carboxylic acids is 1. The maximum Gasteiger partial charge on any atom is 0.256 e. The van der Waals surface area contributed by atoms with Crippen molar-refractivity contribution in [2.24, 2.45) is 7.05 Å². The van der Waals surface area contributed by atoms with Gasteiger partial charge in [0.25, 0.3) is 5.91 Å². The number of aliphatic hydroxyl groups excluding tert-OH is 1. The Morgan fingerprint density at radius 2 is 2.10 bits per heavy atom. The number of amides is 1. The number of β-amino-alcohol motifs (C(OH)–C–C–N with tert-alkyl or cyclic N) is 1. The number of carbonyl (C=O) groups is 1. The molecule has 1 aromatic heterocycles. The van der Waals surface area contributed by atoms with E-state index in [1.165, 1.54) is 0 Å². The van der Waals surface area contributed by atoms with Crippen LogP contribution in [-0.2, 0) is 7.05 Å². The molecule has 3 rings (SSSR count). The lowest BCUT2D eigenvalue weighted by Crippen LogP contribution is -2.55. The summed E-state index contributed by atoms with van der Waals surface area (Å²) >= 11 is 0. The number of piperidine rings is 1. The number of hydrogen-bond acceptors (Lipinski definition) is 3. The second kappa shape index (κ2) is 4.86. The van der Waals surface area contributed by atoms with Gasteiger partial charge in [-0.3, -0.25) is 4.79 Å². The fourth-order valence-corrected chi connectivity index (χ4v) is 2.89. The van der Waals surface area contributed by atoms with Crippen molar-refractivity contribution in [3.63, 3.8) is 0 Å². The van der Waals surface area contributed by atoms with Gasteiger partial charge in [-0.1, -0.05) is 18.2 Å². The number of para-hydroxylation sites is 1. The van der Waals surface area contributed by atoms with E-state index in [-0.39, 0.29) is 12.5 Å². The predicted octanol–water partition coefficient (Wildman–Crippen LogP) is 1.14. The van der Waals surface area contributed by atoms with Crippen LogP contribution >= 0.6 is 0 Å². The van der Waals surface area contributed by atoms with Crippen LogP contribution in [0.3, 0.4) is 0 Å². The monoisotopic (exact) mass is 288 g/mol. The zero-order valence-electron chi connectivity index (χ0n) is 12.3. The zero-order chi connectivity index (χ0) is 15.2. The van der Waals surface area contributed by atoms with E-state index in [1.54, 1.807) is 11.8 Å². The minimum atomic E-state index is -1.12. The Kier molecular flexibility index (Phi) is 3.26. The molecule has 2 atom stereocenters. The smallest absolute Gasteiger partial charge is 0.256 e. The molecule has 1 aliphatic rings. The lowest BCUT2D eigenvalue weighted by molar-refractivity contribution is -0.0999. The van der Waals surface area contributed by atoms with Crippen molar-refractivity contribution in [1.29, 1.82) is 0 Å². The fourth-order valence-electron chi connectivity index (χ4n) is 2.89. The number of aryl methyl sites for hydroxylation is 1. The summed E-state index contributed by atoms with van der Waals surface area (Å²) in [6.07, 6.45) is 1.29. The molecule has 0 aliphatic carbocycles. The lowest BCUT2D eigenvalue weighted by Gasteiger charge is -2.39. The van der Waals surface area contributed by atoms with E-state index in [9.17, 15) is 15.0 Å². The molecular formula is C16H20N2O3. The van der Waals surface area contributed by atoms with Crippen LogP contribution in [0, 0.1) is 0 Å². The first kappa shape index (κ1) is 14.1. The Labute approximate surface area is 123 Å². The minimum absolute atomic E-state index is 0.0960. The normalized spacial score (nSPS) is 26.3. The Morgan fingerprint density at radius 1 is 1.38 bits per heavy atom. The van der Waals surface area contributed by atoms with Crippen LogP contribution in [-0.4, -0.2) is 50.4 Å². The molecule has 2 aromatic rings. The number of fused-ring (bicyclic) bond motifs is 1. The van der Waals surface area contributed by atoms with Crippen molar-refractivity contribution < 1.29 is 15.0 Å². The molecule has 0 radical (unpaired) electrons. The van der Waals surface area contributed by atoms with Gasteiger partial charge < -0.3 is 19.7 Å². The van der Waals surface area contributed by atoms with Gasteiger partial charge in [0, 0.05) is 37.2 Å². The lowest BCUT2D eigenvalue weighted by atomic mass is 9.90.